The molecule has 1 aromatic carbocycles. The van der Waals surface area contributed by atoms with Gasteiger partial charge in [-0.3, -0.25) is 14.5 Å². The van der Waals surface area contributed by atoms with Crippen LogP contribution < -0.4 is 5.32 Å². The second kappa shape index (κ2) is 10.8. The van der Waals surface area contributed by atoms with Crippen molar-refractivity contribution < 1.29 is 19.1 Å². The molecule has 1 saturated heterocycles. The lowest BCUT2D eigenvalue weighted by Gasteiger charge is -2.31. The lowest BCUT2D eigenvalue weighted by atomic mass is 9.98. The Balaban J connectivity index is 1.56. The van der Waals surface area contributed by atoms with Gasteiger partial charge in [0.25, 0.3) is 0 Å². The number of hydrogen-bond acceptors (Lipinski definition) is 5. The van der Waals surface area contributed by atoms with E-state index in [1.165, 1.54) is 5.56 Å². The summed E-state index contributed by atoms with van der Waals surface area (Å²) < 4.78 is 10.6. The molecule has 0 saturated carbocycles. The van der Waals surface area contributed by atoms with Crippen LogP contribution in [0.1, 0.15) is 25.3 Å². The normalized spacial score (nSPS) is 15.7. The van der Waals surface area contributed by atoms with Gasteiger partial charge in [-0.2, -0.15) is 0 Å². The molecule has 0 radical (unpaired) electrons. The van der Waals surface area contributed by atoms with E-state index < -0.39 is 5.97 Å². The number of hydrogen-bond donors (Lipinski definition) is 1. The molecule has 1 aliphatic heterocycles. The summed E-state index contributed by atoms with van der Waals surface area (Å²) in [4.78, 5) is 25.2. The standard InChI is InChI=1S/C19H28N2O4/c1-2-25-19(23)12-20-18(22)13-21-10-8-17(9-11-21)15-24-14-16-6-4-3-5-7-16/h3-7,17H,2,8-15H2,1H3,(H,20,22). The minimum Gasteiger partial charge on any atom is -0.465 e. The quantitative estimate of drug-likeness (QED) is 0.687. The van der Waals surface area contributed by atoms with E-state index in [1.54, 1.807) is 6.92 Å². The van der Waals surface area contributed by atoms with E-state index in [4.69, 9.17) is 9.47 Å². The van der Waals surface area contributed by atoms with Crippen molar-refractivity contribution in [2.24, 2.45) is 5.92 Å². The molecule has 25 heavy (non-hydrogen) atoms. The lowest BCUT2D eigenvalue weighted by molar-refractivity contribution is -0.143. The Bertz CT molecular complexity index is 527. The SMILES string of the molecule is CCOC(=O)CNC(=O)CN1CCC(COCc2ccccc2)CC1. The first-order chi connectivity index (χ1) is 12.2. The zero-order valence-electron chi connectivity index (χ0n) is 14.9. The highest BCUT2D eigenvalue weighted by Gasteiger charge is 2.21. The number of carbonyl (C=O) groups excluding carboxylic acids is 2. The van der Waals surface area contributed by atoms with Crippen molar-refractivity contribution >= 4 is 11.9 Å². The second-order valence-electron chi connectivity index (χ2n) is 6.30. The van der Waals surface area contributed by atoms with Crippen LogP contribution >= 0.6 is 0 Å². The fourth-order valence-corrected chi connectivity index (χ4v) is 2.87. The van der Waals surface area contributed by atoms with Crippen molar-refractivity contribution in [3.63, 3.8) is 0 Å². The summed E-state index contributed by atoms with van der Waals surface area (Å²) in [5.74, 6) is 0.0134. The molecule has 0 aromatic heterocycles. The molecule has 1 amide bonds. The van der Waals surface area contributed by atoms with E-state index in [1.807, 2.05) is 18.2 Å². The monoisotopic (exact) mass is 348 g/mol. The average molecular weight is 348 g/mol. The first-order valence-electron chi connectivity index (χ1n) is 8.93. The fraction of sp³-hybridized carbons (Fsp3) is 0.579. The van der Waals surface area contributed by atoms with Gasteiger partial charge in [-0.15, -0.1) is 0 Å². The first kappa shape index (κ1) is 19.4. The van der Waals surface area contributed by atoms with Crippen molar-refractivity contribution in [1.82, 2.24) is 10.2 Å². The molecule has 1 fully saturated rings. The van der Waals surface area contributed by atoms with Crippen LogP contribution in [0.2, 0.25) is 0 Å². The second-order valence-corrected chi connectivity index (χ2v) is 6.30. The molecule has 1 aromatic rings. The van der Waals surface area contributed by atoms with Crippen molar-refractivity contribution in [1.29, 1.82) is 0 Å². The molecule has 1 heterocycles. The minimum absolute atomic E-state index is 0.0591. The number of benzene rings is 1. The first-order valence-corrected chi connectivity index (χ1v) is 8.93. The summed E-state index contributed by atoms with van der Waals surface area (Å²) >= 11 is 0. The molecule has 0 atom stereocenters. The van der Waals surface area contributed by atoms with Gasteiger partial charge >= 0.3 is 5.97 Å². The molecule has 0 bridgehead atoms. The van der Waals surface area contributed by atoms with Crippen LogP contribution in [0.3, 0.4) is 0 Å². The van der Waals surface area contributed by atoms with E-state index >= 15 is 0 Å². The Morgan fingerprint density at radius 1 is 1.20 bits per heavy atom. The Morgan fingerprint density at radius 3 is 2.60 bits per heavy atom. The maximum atomic E-state index is 11.8. The van der Waals surface area contributed by atoms with Crippen LogP contribution in [0.25, 0.3) is 0 Å². The maximum Gasteiger partial charge on any atom is 0.325 e. The Labute approximate surface area is 149 Å². The summed E-state index contributed by atoms with van der Waals surface area (Å²) in [6.07, 6.45) is 2.06. The van der Waals surface area contributed by atoms with Gasteiger partial charge < -0.3 is 14.8 Å². The molecule has 6 nitrogen and oxygen atoms in total. The van der Waals surface area contributed by atoms with Crippen LogP contribution in [-0.2, 0) is 25.7 Å². The zero-order chi connectivity index (χ0) is 17.9. The number of ether oxygens (including phenoxy) is 2. The van der Waals surface area contributed by atoms with Crippen molar-refractivity contribution in [2.75, 3.05) is 39.4 Å². The predicted molar refractivity (Wildman–Crippen MR) is 94.9 cm³/mol. The molecule has 0 unspecified atom stereocenters. The number of nitrogens with one attached hydrogen (secondary N) is 1. The number of amides is 1. The summed E-state index contributed by atoms with van der Waals surface area (Å²) in [6, 6.07) is 10.2. The zero-order valence-corrected chi connectivity index (χ0v) is 14.9. The van der Waals surface area contributed by atoms with Crippen LogP contribution in [0.15, 0.2) is 30.3 Å². The van der Waals surface area contributed by atoms with Crippen molar-refractivity contribution in [3.05, 3.63) is 35.9 Å². The van der Waals surface area contributed by atoms with Gasteiger partial charge in [-0.1, -0.05) is 30.3 Å². The molecular formula is C19H28N2O4. The van der Waals surface area contributed by atoms with Crippen molar-refractivity contribution in [2.45, 2.75) is 26.4 Å². The fourth-order valence-electron chi connectivity index (χ4n) is 2.87. The summed E-state index contributed by atoms with van der Waals surface area (Å²) in [7, 11) is 0. The molecular weight excluding hydrogens is 320 g/mol. The molecule has 6 heteroatoms. The smallest absolute Gasteiger partial charge is 0.325 e. The number of piperidine rings is 1. The van der Waals surface area contributed by atoms with E-state index in [-0.39, 0.29) is 12.5 Å². The Hall–Kier alpha value is -1.92. The van der Waals surface area contributed by atoms with Gasteiger partial charge in [0.2, 0.25) is 5.91 Å². The molecule has 1 N–H and O–H groups in total. The third-order valence-corrected chi connectivity index (χ3v) is 4.27. The van der Waals surface area contributed by atoms with E-state index in [0.29, 0.717) is 25.7 Å². The predicted octanol–water partition coefficient (Wildman–Crippen LogP) is 1.59. The van der Waals surface area contributed by atoms with E-state index in [9.17, 15) is 9.59 Å². The third kappa shape index (κ3) is 7.67. The summed E-state index contributed by atoms with van der Waals surface area (Å²) in [5.41, 5.74) is 1.19. The van der Waals surface area contributed by atoms with Gasteiger partial charge in [-0.25, -0.2) is 0 Å². The number of nitrogens with zero attached hydrogens (tertiary/aromatic N) is 1. The number of esters is 1. The van der Waals surface area contributed by atoms with Crippen molar-refractivity contribution in [3.8, 4) is 0 Å². The molecule has 2 rings (SSSR count). The lowest BCUT2D eigenvalue weighted by Crippen LogP contribution is -2.43. The topological polar surface area (TPSA) is 67.9 Å². The summed E-state index contributed by atoms with van der Waals surface area (Å²) in [6.45, 7) is 5.52. The van der Waals surface area contributed by atoms with Crippen LogP contribution in [0, 0.1) is 5.92 Å². The van der Waals surface area contributed by atoms with Gasteiger partial charge in [0.15, 0.2) is 0 Å². The average Bonchev–Trinajstić information content (AvgIpc) is 2.63. The van der Waals surface area contributed by atoms with Crippen LogP contribution in [-0.4, -0.2) is 56.2 Å². The highest BCUT2D eigenvalue weighted by Crippen LogP contribution is 2.17. The highest BCUT2D eigenvalue weighted by molar-refractivity contribution is 5.83. The van der Waals surface area contributed by atoms with E-state index in [2.05, 4.69) is 22.3 Å². The highest BCUT2D eigenvalue weighted by atomic mass is 16.5. The van der Waals surface area contributed by atoms with Gasteiger partial charge in [0.05, 0.1) is 19.8 Å². The van der Waals surface area contributed by atoms with Gasteiger partial charge in [0.1, 0.15) is 6.54 Å². The molecule has 0 aliphatic carbocycles. The summed E-state index contributed by atoms with van der Waals surface area (Å²) in [5, 5.41) is 2.60. The Kier molecular flexibility index (Phi) is 8.42. The number of rotatable bonds is 9. The largest absolute Gasteiger partial charge is 0.465 e. The molecule has 1 aliphatic rings. The number of likely N-dealkylation sites (tertiary alicyclic amines) is 1. The van der Waals surface area contributed by atoms with Crippen LogP contribution in [0.4, 0.5) is 0 Å². The van der Waals surface area contributed by atoms with Crippen LogP contribution in [0.5, 0.6) is 0 Å². The number of carbonyl (C=O) groups is 2. The maximum absolute atomic E-state index is 11.8. The van der Waals surface area contributed by atoms with Gasteiger partial charge in [-0.05, 0) is 44.3 Å². The van der Waals surface area contributed by atoms with Gasteiger partial charge in [0, 0.05) is 6.61 Å². The van der Waals surface area contributed by atoms with E-state index in [0.717, 1.165) is 32.5 Å². The third-order valence-electron chi connectivity index (χ3n) is 4.27. The Morgan fingerprint density at radius 2 is 1.92 bits per heavy atom. The molecule has 138 valence electrons. The molecule has 0 spiro atoms. The minimum atomic E-state index is -0.398.